The van der Waals surface area contributed by atoms with Crippen molar-refractivity contribution >= 4 is 27.3 Å². The van der Waals surface area contributed by atoms with Crippen LogP contribution in [0.4, 0.5) is 11.4 Å². The van der Waals surface area contributed by atoms with E-state index in [1.54, 1.807) is 13.0 Å². The monoisotopic (exact) mass is 374 g/mol. The van der Waals surface area contributed by atoms with Gasteiger partial charge in [0.15, 0.2) is 0 Å². The van der Waals surface area contributed by atoms with Crippen LogP contribution in [0.5, 0.6) is 0 Å². The minimum absolute atomic E-state index is 0.374. The molecule has 0 radical (unpaired) electrons. The topological polar surface area (TPSA) is 66.5 Å². The van der Waals surface area contributed by atoms with Gasteiger partial charge in [0.05, 0.1) is 11.9 Å². The first-order valence-corrected chi connectivity index (χ1v) is 10.3. The minimum atomic E-state index is -3.64. The molecule has 0 unspecified atom stereocenters. The van der Waals surface area contributed by atoms with Crippen molar-refractivity contribution in [1.82, 2.24) is 0 Å². The Labute approximate surface area is 156 Å². The second-order valence-corrected chi connectivity index (χ2v) is 8.75. The molecule has 140 valence electrons. The highest BCUT2D eigenvalue weighted by Crippen LogP contribution is 2.27. The second kappa shape index (κ2) is 7.50. The molecule has 0 fully saturated rings. The first kappa shape index (κ1) is 20.0. The number of nitrogens with zero attached hydrogens (tertiary/aromatic N) is 1. The molecule has 1 atom stereocenters. The molecular formula is C20H26N2O3S. The van der Waals surface area contributed by atoms with E-state index in [-0.39, 0.29) is 5.91 Å². The fourth-order valence-corrected chi connectivity index (χ4v) is 4.26. The van der Waals surface area contributed by atoms with Gasteiger partial charge in [-0.2, -0.15) is 0 Å². The van der Waals surface area contributed by atoms with Crippen LogP contribution >= 0.6 is 0 Å². The third kappa shape index (κ3) is 4.64. The molecule has 2 aromatic carbocycles. The van der Waals surface area contributed by atoms with Crippen molar-refractivity contribution in [1.29, 1.82) is 0 Å². The van der Waals surface area contributed by atoms with Crippen molar-refractivity contribution in [2.24, 2.45) is 0 Å². The Balaban J connectivity index is 2.39. The predicted octanol–water partition coefficient (Wildman–Crippen LogP) is 3.71. The van der Waals surface area contributed by atoms with E-state index in [9.17, 15) is 13.2 Å². The highest BCUT2D eigenvalue weighted by Gasteiger charge is 2.30. The molecule has 0 bridgehead atoms. The van der Waals surface area contributed by atoms with Crippen molar-refractivity contribution in [3.63, 3.8) is 0 Å². The third-order valence-electron chi connectivity index (χ3n) is 4.18. The van der Waals surface area contributed by atoms with Gasteiger partial charge in [0, 0.05) is 5.69 Å². The molecule has 0 saturated heterocycles. The van der Waals surface area contributed by atoms with E-state index >= 15 is 0 Å². The molecule has 1 amide bonds. The number of sulfonamides is 1. The molecule has 0 aliphatic carbocycles. The van der Waals surface area contributed by atoms with Crippen LogP contribution in [0.2, 0.25) is 0 Å². The molecule has 1 N–H and O–H groups in total. The average molecular weight is 375 g/mol. The van der Waals surface area contributed by atoms with Crippen molar-refractivity contribution in [2.75, 3.05) is 15.9 Å². The maximum absolute atomic E-state index is 12.8. The number of nitrogens with one attached hydrogen (secondary N) is 1. The lowest BCUT2D eigenvalue weighted by Gasteiger charge is -2.29. The number of hydrogen-bond acceptors (Lipinski definition) is 3. The van der Waals surface area contributed by atoms with Gasteiger partial charge in [0.25, 0.3) is 0 Å². The minimum Gasteiger partial charge on any atom is -0.324 e. The maximum Gasteiger partial charge on any atom is 0.247 e. The number of aryl methyl sites for hydroxylation is 4. The number of carbonyl (C=O) groups is 1. The molecule has 2 aromatic rings. The van der Waals surface area contributed by atoms with Crippen molar-refractivity contribution < 1.29 is 13.2 Å². The summed E-state index contributed by atoms with van der Waals surface area (Å²) < 4.78 is 26.1. The highest BCUT2D eigenvalue weighted by atomic mass is 32.2. The SMILES string of the molecule is Cc1cc(C)cc(NC(=O)[C@H](C)N(c2cc(C)ccc2C)S(C)(=O)=O)c1. The maximum atomic E-state index is 12.8. The molecule has 0 heterocycles. The van der Waals surface area contributed by atoms with Gasteiger partial charge < -0.3 is 5.32 Å². The van der Waals surface area contributed by atoms with E-state index in [4.69, 9.17) is 0 Å². The zero-order valence-electron chi connectivity index (χ0n) is 16.1. The lowest BCUT2D eigenvalue weighted by atomic mass is 10.1. The number of amides is 1. The van der Waals surface area contributed by atoms with E-state index in [0.29, 0.717) is 11.4 Å². The van der Waals surface area contributed by atoms with Gasteiger partial charge in [-0.1, -0.05) is 18.2 Å². The van der Waals surface area contributed by atoms with E-state index in [1.165, 1.54) is 4.31 Å². The molecule has 6 heteroatoms. The van der Waals surface area contributed by atoms with Crippen LogP contribution in [0, 0.1) is 27.7 Å². The molecule has 2 rings (SSSR count). The molecule has 0 spiro atoms. The number of benzene rings is 2. The number of hydrogen-bond donors (Lipinski definition) is 1. The van der Waals surface area contributed by atoms with Gasteiger partial charge in [0.2, 0.25) is 15.9 Å². The zero-order chi connectivity index (χ0) is 19.6. The van der Waals surface area contributed by atoms with Crippen LogP contribution < -0.4 is 9.62 Å². The summed E-state index contributed by atoms with van der Waals surface area (Å²) in [6, 6.07) is 10.4. The molecule has 0 saturated carbocycles. The molecule has 26 heavy (non-hydrogen) atoms. The van der Waals surface area contributed by atoms with Crippen LogP contribution in [0.3, 0.4) is 0 Å². The fourth-order valence-electron chi connectivity index (χ4n) is 3.03. The standard InChI is InChI=1S/C20H26N2O3S/c1-13-7-8-16(4)19(12-13)22(26(6,24)25)17(5)20(23)21-18-10-14(2)9-15(3)11-18/h7-12,17H,1-6H3,(H,21,23)/t17-/m0/s1. The van der Waals surface area contributed by atoms with Crippen molar-refractivity contribution in [3.05, 3.63) is 58.7 Å². The van der Waals surface area contributed by atoms with Gasteiger partial charge >= 0.3 is 0 Å². The molecule has 0 aromatic heterocycles. The van der Waals surface area contributed by atoms with Crippen LogP contribution in [-0.2, 0) is 14.8 Å². The smallest absolute Gasteiger partial charge is 0.247 e. The first-order chi connectivity index (χ1) is 12.0. The van der Waals surface area contributed by atoms with Gasteiger partial charge in [-0.15, -0.1) is 0 Å². The van der Waals surface area contributed by atoms with Crippen LogP contribution in [0.25, 0.3) is 0 Å². The Kier molecular flexibility index (Phi) is 5.76. The summed E-state index contributed by atoms with van der Waals surface area (Å²) in [5, 5.41) is 2.83. The van der Waals surface area contributed by atoms with Crippen LogP contribution in [-0.4, -0.2) is 26.6 Å². The Hall–Kier alpha value is -2.34. The number of rotatable bonds is 5. The summed E-state index contributed by atoms with van der Waals surface area (Å²) in [5.41, 5.74) is 4.97. The predicted molar refractivity (Wildman–Crippen MR) is 107 cm³/mol. The first-order valence-electron chi connectivity index (χ1n) is 8.45. The fraction of sp³-hybridized carbons (Fsp3) is 0.350. The summed E-state index contributed by atoms with van der Waals surface area (Å²) >= 11 is 0. The van der Waals surface area contributed by atoms with Gasteiger partial charge in [-0.05, 0) is 75.1 Å². The summed E-state index contributed by atoms with van der Waals surface area (Å²) in [6.45, 7) is 9.22. The number of anilines is 2. The van der Waals surface area contributed by atoms with Gasteiger partial charge in [-0.3, -0.25) is 9.10 Å². The van der Waals surface area contributed by atoms with Gasteiger partial charge in [-0.25, -0.2) is 8.42 Å². The third-order valence-corrected chi connectivity index (χ3v) is 5.41. The van der Waals surface area contributed by atoms with E-state index in [1.807, 2.05) is 58.0 Å². The van der Waals surface area contributed by atoms with Crippen LogP contribution in [0.1, 0.15) is 29.2 Å². The molecular weight excluding hydrogens is 348 g/mol. The van der Waals surface area contributed by atoms with Crippen LogP contribution in [0.15, 0.2) is 36.4 Å². The molecule has 5 nitrogen and oxygen atoms in total. The Morgan fingerprint density at radius 1 is 0.962 bits per heavy atom. The normalized spacial score (nSPS) is 12.5. The lowest BCUT2D eigenvalue weighted by molar-refractivity contribution is -0.116. The highest BCUT2D eigenvalue weighted by molar-refractivity contribution is 7.92. The summed E-state index contributed by atoms with van der Waals surface area (Å²) in [5.74, 6) is -0.374. The lowest BCUT2D eigenvalue weighted by Crippen LogP contribution is -2.45. The molecule has 0 aliphatic heterocycles. The largest absolute Gasteiger partial charge is 0.324 e. The van der Waals surface area contributed by atoms with Crippen molar-refractivity contribution in [3.8, 4) is 0 Å². The average Bonchev–Trinajstić information content (AvgIpc) is 2.48. The Bertz CT molecular complexity index is 916. The summed E-state index contributed by atoms with van der Waals surface area (Å²) in [4.78, 5) is 12.8. The van der Waals surface area contributed by atoms with E-state index < -0.39 is 16.1 Å². The Morgan fingerprint density at radius 3 is 2.08 bits per heavy atom. The second-order valence-electron chi connectivity index (χ2n) is 6.89. The summed E-state index contributed by atoms with van der Waals surface area (Å²) in [6.07, 6.45) is 1.12. The number of carbonyl (C=O) groups excluding carboxylic acids is 1. The quantitative estimate of drug-likeness (QED) is 0.867. The zero-order valence-corrected chi connectivity index (χ0v) is 16.9. The molecule has 0 aliphatic rings. The Morgan fingerprint density at radius 2 is 1.54 bits per heavy atom. The van der Waals surface area contributed by atoms with Gasteiger partial charge in [0.1, 0.15) is 6.04 Å². The van der Waals surface area contributed by atoms with E-state index in [0.717, 1.165) is 28.5 Å². The van der Waals surface area contributed by atoms with E-state index in [2.05, 4.69) is 5.32 Å². The van der Waals surface area contributed by atoms with Crippen molar-refractivity contribution in [2.45, 2.75) is 40.7 Å². The summed E-state index contributed by atoms with van der Waals surface area (Å²) in [7, 11) is -3.64.